The van der Waals surface area contributed by atoms with Gasteiger partial charge in [-0.3, -0.25) is 0 Å². The van der Waals surface area contributed by atoms with E-state index in [2.05, 4.69) is 6.92 Å². The molecule has 2 N–H and O–H groups in total. The summed E-state index contributed by atoms with van der Waals surface area (Å²) in [5.74, 6) is 1.29. The molecule has 160 valence electrons. The van der Waals surface area contributed by atoms with Crippen molar-refractivity contribution in [1.29, 1.82) is 0 Å². The third kappa shape index (κ3) is 8.48. The van der Waals surface area contributed by atoms with Gasteiger partial charge in [-0.25, -0.2) is 0 Å². The summed E-state index contributed by atoms with van der Waals surface area (Å²) in [7, 11) is 0. The molecule has 0 spiro atoms. The minimum Gasteiger partial charge on any atom is -0.508 e. The summed E-state index contributed by atoms with van der Waals surface area (Å²) in [6.45, 7) is 2.21. The highest BCUT2D eigenvalue weighted by atomic mass is 35.5. The molecule has 0 radical (unpaired) electrons. The Bertz CT molecular complexity index is 740. The minimum atomic E-state index is 0.370. The Morgan fingerprint density at radius 2 is 1.41 bits per heavy atom. The van der Waals surface area contributed by atoms with Crippen molar-refractivity contribution < 1.29 is 10.2 Å². The lowest BCUT2D eigenvalue weighted by Gasteiger charge is -2.22. The van der Waals surface area contributed by atoms with Crippen LogP contribution in [0.25, 0.3) is 0 Å². The molecule has 3 rings (SSSR count). The molecule has 29 heavy (non-hydrogen) atoms. The summed E-state index contributed by atoms with van der Waals surface area (Å²) in [4.78, 5) is 0. The average molecular weight is 437 g/mol. The van der Waals surface area contributed by atoms with Crippen LogP contribution in [0.2, 0.25) is 10.0 Å². The summed E-state index contributed by atoms with van der Waals surface area (Å²) in [6.07, 6.45) is 13.4. The fourth-order valence-corrected chi connectivity index (χ4v) is 4.31. The number of aromatic hydroxyl groups is 2. The monoisotopic (exact) mass is 436 g/mol. The molecule has 2 aromatic rings. The van der Waals surface area contributed by atoms with Gasteiger partial charge in [0.15, 0.2) is 0 Å². The van der Waals surface area contributed by atoms with E-state index in [1.807, 2.05) is 12.1 Å². The number of phenolic OH excluding ortho intramolecular Hbond substituents is 2. The quantitative estimate of drug-likeness (QED) is 0.426. The smallest absolute Gasteiger partial charge is 0.119 e. The first kappa shape index (κ1) is 23.9. The Morgan fingerprint density at radius 1 is 0.793 bits per heavy atom. The van der Waals surface area contributed by atoms with Crippen molar-refractivity contribution in [3.63, 3.8) is 0 Å². The second-order valence-corrected chi connectivity index (χ2v) is 8.85. The first-order valence-corrected chi connectivity index (χ1v) is 11.7. The third-order valence-corrected chi connectivity index (χ3v) is 6.10. The lowest BCUT2D eigenvalue weighted by Crippen LogP contribution is -2.04. The molecule has 0 aliphatic heterocycles. The van der Waals surface area contributed by atoms with E-state index in [4.69, 9.17) is 23.2 Å². The first-order valence-electron chi connectivity index (χ1n) is 11.0. The van der Waals surface area contributed by atoms with E-state index >= 15 is 0 Å². The SMILES string of the molecule is CCCCCCCc1cc(Cl)ccc1O.Oc1ccc(Cl)cc1C1CCCCC1. The zero-order valence-corrected chi connectivity index (χ0v) is 19.0. The molecule has 0 saturated heterocycles. The largest absolute Gasteiger partial charge is 0.508 e. The molecule has 0 amide bonds. The number of hydrogen-bond acceptors (Lipinski definition) is 2. The van der Waals surface area contributed by atoms with Gasteiger partial charge in [-0.05, 0) is 79.1 Å². The van der Waals surface area contributed by atoms with Crippen molar-refractivity contribution in [2.45, 2.75) is 83.5 Å². The second-order valence-electron chi connectivity index (χ2n) is 7.98. The maximum absolute atomic E-state index is 9.73. The highest BCUT2D eigenvalue weighted by Crippen LogP contribution is 2.38. The van der Waals surface area contributed by atoms with Gasteiger partial charge in [-0.15, -0.1) is 0 Å². The van der Waals surface area contributed by atoms with Crippen LogP contribution in [0.3, 0.4) is 0 Å². The highest BCUT2D eigenvalue weighted by molar-refractivity contribution is 6.31. The predicted octanol–water partition coefficient (Wildman–Crippen LogP) is 8.65. The van der Waals surface area contributed by atoms with Crippen LogP contribution >= 0.6 is 23.2 Å². The topological polar surface area (TPSA) is 40.5 Å². The fraction of sp³-hybridized carbons (Fsp3) is 0.520. The number of halogens is 2. The number of unbranched alkanes of at least 4 members (excludes halogenated alkanes) is 4. The lowest BCUT2D eigenvalue weighted by molar-refractivity contribution is 0.414. The van der Waals surface area contributed by atoms with E-state index in [-0.39, 0.29) is 0 Å². The number of hydrogen-bond donors (Lipinski definition) is 2. The van der Waals surface area contributed by atoms with Gasteiger partial charge in [-0.1, -0.05) is 75.1 Å². The van der Waals surface area contributed by atoms with E-state index < -0.39 is 0 Å². The maximum Gasteiger partial charge on any atom is 0.119 e. The van der Waals surface area contributed by atoms with Gasteiger partial charge < -0.3 is 10.2 Å². The normalized spacial score (nSPS) is 14.3. The third-order valence-electron chi connectivity index (χ3n) is 5.63. The molecule has 2 aromatic carbocycles. The molecule has 0 atom stereocenters. The Kier molecular flexibility index (Phi) is 10.7. The summed E-state index contributed by atoms with van der Waals surface area (Å²) >= 11 is 11.8. The van der Waals surface area contributed by atoms with Crippen LogP contribution in [-0.2, 0) is 6.42 Å². The van der Waals surface area contributed by atoms with Crippen molar-refractivity contribution >= 4 is 23.2 Å². The van der Waals surface area contributed by atoms with Gasteiger partial charge in [0, 0.05) is 10.0 Å². The molecular weight excluding hydrogens is 403 g/mol. The lowest BCUT2D eigenvalue weighted by atomic mass is 9.84. The van der Waals surface area contributed by atoms with Gasteiger partial charge in [-0.2, -0.15) is 0 Å². The number of phenols is 2. The van der Waals surface area contributed by atoms with Crippen LogP contribution in [0.4, 0.5) is 0 Å². The molecule has 1 aliphatic carbocycles. The van der Waals surface area contributed by atoms with Gasteiger partial charge in [0.1, 0.15) is 11.5 Å². The van der Waals surface area contributed by atoms with Crippen molar-refractivity contribution in [3.05, 3.63) is 57.6 Å². The Labute approximate surface area is 185 Å². The standard InChI is InChI=1S/C13H19ClO.C12H15ClO/c1-2-3-4-5-6-7-11-10-12(14)8-9-13(11)15;13-10-6-7-12(14)11(8-10)9-4-2-1-3-5-9/h8-10,15H,2-7H2,1H3;6-9,14H,1-5H2. The van der Waals surface area contributed by atoms with Crippen LogP contribution < -0.4 is 0 Å². The summed E-state index contributed by atoms with van der Waals surface area (Å²) < 4.78 is 0. The Hall–Kier alpha value is -1.38. The van der Waals surface area contributed by atoms with E-state index in [9.17, 15) is 10.2 Å². The molecular formula is C25H34Cl2O2. The molecule has 2 nitrogen and oxygen atoms in total. The molecule has 0 unspecified atom stereocenters. The van der Waals surface area contributed by atoms with Gasteiger partial charge in [0.25, 0.3) is 0 Å². The second kappa shape index (κ2) is 13.0. The summed E-state index contributed by atoms with van der Waals surface area (Å²) in [6, 6.07) is 10.6. The van der Waals surface area contributed by atoms with E-state index in [0.717, 1.165) is 29.0 Å². The van der Waals surface area contributed by atoms with Crippen molar-refractivity contribution in [2.24, 2.45) is 0 Å². The summed E-state index contributed by atoms with van der Waals surface area (Å²) in [5, 5.41) is 20.7. The predicted molar refractivity (Wildman–Crippen MR) is 125 cm³/mol. The Balaban J connectivity index is 0.000000207. The number of benzene rings is 2. The van der Waals surface area contributed by atoms with Gasteiger partial charge >= 0.3 is 0 Å². The van der Waals surface area contributed by atoms with Crippen LogP contribution in [0.1, 0.15) is 88.2 Å². The molecule has 1 saturated carbocycles. The zero-order chi connectivity index (χ0) is 21.1. The highest BCUT2D eigenvalue weighted by Gasteiger charge is 2.18. The first-order chi connectivity index (χ1) is 14.0. The molecule has 0 heterocycles. The van der Waals surface area contributed by atoms with E-state index in [0.29, 0.717) is 22.4 Å². The van der Waals surface area contributed by atoms with Crippen molar-refractivity contribution in [1.82, 2.24) is 0 Å². The molecule has 1 fully saturated rings. The van der Waals surface area contributed by atoms with Gasteiger partial charge in [0.05, 0.1) is 0 Å². The number of rotatable bonds is 7. The van der Waals surface area contributed by atoms with Crippen molar-refractivity contribution in [3.8, 4) is 11.5 Å². The van der Waals surface area contributed by atoms with Crippen molar-refractivity contribution in [2.75, 3.05) is 0 Å². The average Bonchev–Trinajstić information content (AvgIpc) is 2.73. The zero-order valence-electron chi connectivity index (χ0n) is 17.5. The van der Waals surface area contributed by atoms with Crippen LogP contribution in [0.15, 0.2) is 36.4 Å². The minimum absolute atomic E-state index is 0.370. The molecule has 0 aromatic heterocycles. The van der Waals surface area contributed by atoms with E-state index in [1.54, 1.807) is 24.3 Å². The molecule has 4 heteroatoms. The summed E-state index contributed by atoms with van der Waals surface area (Å²) in [5.41, 5.74) is 2.01. The van der Waals surface area contributed by atoms with Gasteiger partial charge in [0.2, 0.25) is 0 Å². The maximum atomic E-state index is 9.73. The van der Waals surface area contributed by atoms with Crippen LogP contribution in [0.5, 0.6) is 11.5 Å². The molecule has 0 bridgehead atoms. The van der Waals surface area contributed by atoms with E-state index in [1.165, 1.54) is 57.8 Å². The number of aryl methyl sites for hydroxylation is 1. The Morgan fingerprint density at radius 3 is 2.10 bits per heavy atom. The molecule has 1 aliphatic rings. The van der Waals surface area contributed by atoms with Crippen LogP contribution in [0, 0.1) is 0 Å². The van der Waals surface area contributed by atoms with Crippen LogP contribution in [-0.4, -0.2) is 10.2 Å². The fourth-order valence-electron chi connectivity index (χ4n) is 3.94.